The minimum Gasteiger partial charge on any atom is -0.465 e. The summed E-state index contributed by atoms with van der Waals surface area (Å²) in [6.07, 6.45) is 5.33. The van der Waals surface area contributed by atoms with E-state index in [1.54, 1.807) is 7.11 Å². The molecule has 0 aromatic carbocycles. The lowest BCUT2D eigenvalue weighted by Gasteiger charge is -2.11. The minimum absolute atomic E-state index is 0.111. The van der Waals surface area contributed by atoms with Crippen molar-refractivity contribution in [3.05, 3.63) is 0 Å². The molecule has 78 valence electrons. The van der Waals surface area contributed by atoms with Crippen LogP contribution in [0.5, 0.6) is 0 Å². The molecule has 0 spiro atoms. The average molecular weight is 188 g/mol. The van der Waals surface area contributed by atoms with Gasteiger partial charge in [-0.15, -0.1) is 0 Å². The van der Waals surface area contributed by atoms with Crippen molar-refractivity contribution >= 4 is 6.47 Å². The highest BCUT2D eigenvalue weighted by molar-refractivity contribution is 5.37. The van der Waals surface area contributed by atoms with E-state index in [2.05, 4.69) is 0 Å². The van der Waals surface area contributed by atoms with Crippen LogP contribution in [-0.2, 0) is 14.3 Å². The molecule has 0 aromatic rings. The minimum atomic E-state index is 0.111. The summed E-state index contributed by atoms with van der Waals surface area (Å²) in [5.74, 6) is 0. The van der Waals surface area contributed by atoms with Gasteiger partial charge in [0.2, 0.25) is 0 Å². The lowest BCUT2D eigenvalue weighted by Crippen LogP contribution is -2.10. The molecule has 0 bridgehead atoms. The van der Waals surface area contributed by atoms with Crippen LogP contribution < -0.4 is 0 Å². The fraction of sp³-hybridized carbons (Fsp3) is 0.900. The maximum absolute atomic E-state index is 10.1. The Bertz CT molecular complexity index is 115. The zero-order valence-electron chi connectivity index (χ0n) is 8.62. The van der Waals surface area contributed by atoms with Crippen LogP contribution in [0.2, 0.25) is 0 Å². The molecule has 0 N–H and O–H groups in total. The Hall–Kier alpha value is -0.570. The molecule has 0 saturated heterocycles. The number of rotatable bonds is 9. The molecular formula is C10H20O3. The SMILES string of the molecule is CCC(CCCCCOC)OC=O. The van der Waals surface area contributed by atoms with Crippen LogP contribution in [0.25, 0.3) is 0 Å². The lowest BCUT2D eigenvalue weighted by atomic mass is 10.1. The van der Waals surface area contributed by atoms with Gasteiger partial charge in [-0.25, -0.2) is 0 Å². The molecule has 0 aliphatic rings. The van der Waals surface area contributed by atoms with Crippen molar-refractivity contribution in [2.75, 3.05) is 13.7 Å². The largest absolute Gasteiger partial charge is 0.465 e. The highest BCUT2D eigenvalue weighted by Gasteiger charge is 2.04. The smallest absolute Gasteiger partial charge is 0.293 e. The summed E-state index contributed by atoms with van der Waals surface area (Å²) in [7, 11) is 1.71. The zero-order chi connectivity index (χ0) is 9.94. The van der Waals surface area contributed by atoms with Crippen LogP contribution in [0, 0.1) is 0 Å². The maximum Gasteiger partial charge on any atom is 0.293 e. The van der Waals surface area contributed by atoms with E-state index in [1.807, 2.05) is 6.92 Å². The first-order valence-electron chi connectivity index (χ1n) is 4.93. The molecule has 0 saturated carbocycles. The number of unbranched alkanes of at least 4 members (excludes halogenated alkanes) is 2. The van der Waals surface area contributed by atoms with Gasteiger partial charge in [0.15, 0.2) is 0 Å². The van der Waals surface area contributed by atoms with Crippen molar-refractivity contribution in [3.63, 3.8) is 0 Å². The molecule has 0 radical (unpaired) electrons. The highest BCUT2D eigenvalue weighted by Crippen LogP contribution is 2.08. The second-order valence-corrected chi connectivity index (χ2v) is 3.10. The molecule has 13 heavy (non-hydrogen) atoms. The molecule has 1 atom stereocenters. The fourth-order valence-corrected chi connectivity index (χ4v) is 1.24. The number of ether oxygens (including phenoxy) is 2. The normalized spacial score (nSPS) is 12.5. The van der Waals surface area contributed by atoms with E-state index in [-0.39, 0.29) is 6.10 Å². The maximum atomic E-state index is 10.1. The summed E-state index contributed by atoms with van der Waals surface area (Å²) in [6.45, 7) is 3.40. The van der Waals surface area contributed by atoms with Crippen LogP contribution in [0.3, 0.4) is 0 Å². The molecule has 3 nitrogen and oxygen atoms in total. The average Bonchev–Trinajstić information content (AvgIpc) is 2.16. The number of hydrogen-bond donors (Lipinski definition) is 0. The molecule has 0 aromatic heterocycles. The first-order valence-corrected chi connectivity index (χ1v) is 4.93. The van der Waals surface area contributed by atoms with Crippen molar-refractivity contribution < 1.29 is 14.3 Å². The van der Waals surface area contributed by atoms with Crippen molar-refractivity contribution in [2.24, 2.45) is 0 Å². The van der Waals surface area contributed by atoms with E-state index in [4.69, 9.17) is 9.47 Å². The van der Waals surface area contributed by atoms with Crippen molar-refractivity contribution in [2.45, 2.75) is 45.1 Å². The summed E-state index contributed by atoms with van der Waals surface area (Å²) >= 11 is 0. The topological polar surface area (TPSA) is 35.5 Å². The predicted octanol–water partition coefficient (Wildman–Crippen LogP) is 2.14. The molecule has 3 heteroatoms. The summed E-state index contributed by atoms with van der Waals surface area (Å²) < 4.78 is 9.82. The Morgan fingerprint density at radius 3 is 2.62 bits per heavy atom. The van der Waals surface area contributed by atoms with Gasteiger partial charge in [0.25, 0.3) is 6.47 Å². The first kappa shape index (κ1) is 12.4. The molecule has 0 aliphatic heterocycles. The van der Waals surface area contributed by atoms with Gasteiger partial charge in [-0.05, 0) is 25.7 Å². The second-order valence-electron chi connectivity index (χ2n) is 3.10. The van der Waals surface area contributed by atoms with Crippen LogP contribution in [0.15, 0.2) is 0 Å². The van der Waals surface area contributed by atoms with Gasteiger partial charge in [0, 0.05) is 13.7 Å². The summed E-state index contributed by atoms with van der Waals surface area (Å²) in [5, 5.41) is 0. The van der Waals surface area contributed by atoms with Gasteiger partial charge in [-0.2, -0.15) is 0 Å². The van der Waals surface area contributed by atoms with Crippen LogP contribution in [0.1, 0.15) is 39.0 Å². The van der Waals surface area contributed by atoms with Crippen LogP contribution >= 0.6 is 0 Å². The number of methoxy groups -OCH3 is 1. The van der Waals surface area contributed by atoms with E-state index >= 15 is 0 Å². The third-order valence-corrected chi connectivity index (χ3v) is 2.08. The lowest BCUT2D eigenvalue weighted by molar-refractivity contribution is -0.134. The Kier molecular flexibility index (Phi) is 9.10. The van der Waals surface area contributed by atoms with E-state index in [9.17, 15) is 4.79 Å². The Labute approximate surface area is 80.4 Å². The van der Waals surface area contributed by atoms with Gasteiger partial charge >= 0.3 is 0 Å². The molecular weight excluding hydrogens is 168 g/mol. The number of carbonyl (C=O) groups is 1. The molecule has 0 amide bonds. The summed E-state index contributed by atoms with van der Waals surface area (Å²) in [6, 6.07) is 0. The van der Waals surface area contributed by atoms with E-state index in [1.165, 1.54) is 0 Å². The standard InChI is InChI=1S/C10H20O3/c1-3-10(13-9-11)7-5-4-6-8-12-2/h9-10H,3-8H2,1-2H3. The highest BCUT2D eigenvalue weighted by atomic mass is 16.5. The summed E-state index contributed by atoms with van der Waals surface area (Å²) in [5.41, 5.74) is 0. The molecule has 0 rings (SSSR count). The van der Waals surface area contributed by atoms with Gasteiger partial charge in [0.05, 0.1) is 0 Å². The van der Waals surface area contributed by atoms with Gasteiger partial charge in [-0.1, -0.05) is 13.3 Å². The third kappa shape index (κ3) is 7.78. The third-order valence-electron chi connectivity index (χ3n) is 2.08. The quantitative estimate of drug-likeness (QED) is 0.411. The predicted molar refractivity (Wildman–Crippen MR) is 51.6 cm³/mol. The van der Waals surface area contributed by atoms with Crippen LogP contribution in [-0.4, -0.2) is 26.3 Å². The fourth-order valence-electron chi connectivity index (χ4n) is 1.24. The molecule has 0 fully saturated rings. The second kappa shape index (κ2) is 9.52. The van der Waals surface area contributed by atoms with Crippen molar-refractivity contribution in [3.8, 4) is 0 Å². The van der Waals surface area contributed by atoms with E-state index in [0.29, 0.717) is 6.47 Å². The Morgan fingerprint density at radius 1 is 1.31 bits per heavy atom. The Morgan fingerprint density at radius 2 is 2.08 bits per heavy atom. The monoisotopic (exact) mass is 188 g/mol. The van der Waals surface area contributed by atoms with Crippen LogP contribution in [0.4, 0.5) is 0 Å². The van der Waals surface area contributed by atoms with Crippen molar-refractivity contribution in [1.29, 1.82) is 0 Å². The molecule has 0 heterocycles. The summed E-state index contributed by atoms with van der Waals surface area (Å²) in [4.78, 5) is 10.1. The Balaban J connectivity index is 3.22. The van der Waals surface area contributed by atoms with E-state index in [0.717, 1.165) is 38.7 Å². The number of hydrogen-bond acceptors (Lipinski definition) is 3. The molecule has 1 unspecified atom stereocenters. The first-order chi connectivity index (χ1) is 6.35. The van der Waals surface area contributed by atoms with Crippen molar-refractivity contribution in [1.82, 2.24) is 0 Å². The van der Waals surface area contributed by atoms with Gasteiger partial charge < -0.3 is 9.47 Å². The van der Waals surface area contributed by atoms with Gasteiger partial charge in [-0.3, -0.25) is 4.79 Å². The molecule has 0 aliphatic carbocycles. The zero-order valence-corrected chi connectivity index (χ0v) is 8.62. The van der Waals surface area contributed by atoms with E-state index < -0.39 is 0 Å². The van der Waals surface area contributed by atoms with Gasteiger partial charge in [0.1, 0.15) is 6.10 Å². The number of carbonyl (C=O) groups excluding carboxylic acids is 1.